The summed E-state index contributed by atoms with van der Waals surface area (Å²) in [7, 11) is 0. The lowest BCUT2D eigenvalue weighted by atomic mass is 9.87. The Morgan fingerprint density at radius 3 is 2.45 bits per heavy atom. The number of rotatable bonds is 5. The van der Waals surface area contributed by atoms with Crippen molar-refractivity contribution in [1.82, 2.24) is 15.5 Å². The van der Waals surface area contributed by atoms with Gasteiger partial charge >= 0.3 is 6.03 Å². The average molecular weight is 311 g/mol. The summed E-state index contributed by atoms with van der Waals surface area (Å²) in [5.41, 5.74) is 0. The van der Waals surface area contributed by atoms with E-state index in [1.54, 1.807) is 4.90 Å². The van der Waals surface area contributed by atoms with Crippen LogP contribution in [0.5, 0.6) is 0 Å². The number of urea groups is 1. The molecule has 1 unspecified atom stereocenters. The third kappa shape index (κ3) is 5.83. The maximum atomic E-state index is 11.9. The Hall–Kier alpha value is -1.30. The highest BCUT2D eigenvalue weighted by atomic mass is 16.3. The molecule has 2 aliphatic rings. The molecule has 0 bridgehead atoms. The highest BCUT2D eigenvalue weighted by molar-refractivity contribution is 5.76. The number of hydrogen-bond acceptors (Lipinski definition) is 3. The molecule has 0 aromatic heterocycles. The SMILES string of the molecule is O=C(CC1CCCCC1)NCCNC(=O)N1CCCC(O)C1. The number of nitrogens with one attached hydrogen (secondary N) is 2. The monoisotopic (exact) mass is 311 g/mol. The van der Waals surface area contributed by atoms with Crippen LogP contribution in [0.1, 0.15) is 51.4 Å². The topological polar surface area (TPSA) is 81.7 Å². The molecule has 3 amide bonds. The van der Waals surface area contributed by atoms with Crippen molar-refractivity contribution in [2.24, 2.45) is 5.92 Å². The van der Waals surface area contributed by atoms with Crippen molar-refractivity contribution in [1.29, 1.82) is 0 Å². The molecule has 0 aromatic rings. The van der Waals surface area contributed by atoms with Crippen molar-refractivity contribution in [3.05, 3.63) is 0 Å². The Morgan fingerprint density at radius 1 is 1.00 bits per heavy atom. The third-order valence-corrected chi connectivity index (χ3v) is 4.61. The number of carbonyl (C=O) groups is 2. The van der Waals surface area contributed by atoms with Gasteiger partial charge in [-0.25, -0.2) is 4.79 Å². The van der Waals surface area contributed by atoms with Crippen molar-refractivity contribution in [2.45, 2.75) is 57.5 Å². The zero-order chi connectivity index (χ0) is 15.8. The van der Waals surface area contributed by atoms with Crippen LogP contribution in [0.3, 0.4) is 0 Å². The minimum atomic E-state index is -0.408. The molecule has 0 aromatic carbocycles. The van der Waals surface area contributed by atoms with Gasteiger partial charge in [-0.2, -0.15) is 0 Å². The van der Waals surface area contributed by atoms with Crippen molar-refractivity contribution in [2.75, 3.05) is 26.2 Å². The summed E-state index contributed by atoms with van der Waals surface area (Å²) >= 11 is 0. The third-order valence-electron chi connectivity index (χ3n) is 4.61. The van der Waals surface area contributed by atoms with Gasteiger partial charge in [0.1, 0.15) is 0 Å². The molecular formula is C16H29N3O3. The van der Waals surface area contributed by atoms with Crippen molar-refractivity contribution in [3.63, 3.8) is 0 Å². The van der Waals surface area contributed by atoms with Gasteiger partial charge in [0, 0.05) is 32.6 Å². The van der Waals surface area contributed by atoms with Crippen LogP contribution >= 0.6 is 0 Å². The fraction of sp³-hybridized carbons (Fsp3) is 0.875. The van der Waals surface area contributed by atoms with E-state index < -0.39 is 6.10 Å². The highest BCUT2D eigenvalue weighted by Crippen LogP contribution is 2.25. The predicted octanol–water partition coefficient (Wildman–Crippen LogP) is 1.24. The van der Waals surface area contributed by atoms with Gasteiger partial charge in [-0.3, -0.25) is 4.79 Å². The largest absolute Gasteiger partial charge is 0.391 e. The highest BCUT2D eigenvalue weighted by Gasteiger charge is 2.21. The van der Waals surface area contributed by atoms with E-state index in [1.807, 2.05) is 0 Å². The molecule has 0 radical (unpaired) electrons. The van der Waals surface area contributed by atoms with E-state index in [4.69, 9.17) is 0 Å². The van der Waals surface area contributed by atoms with E-state index in [0.717, 1.165) is 12.8 Å². The molecule has 1 saturated carbocycles. The second-order valence-corrected chi connectivity index (χ2v) is 6.53. The first kappa shape index (κ1) is 17.1. The number of nitrogens with zero attached hydrogens (tertiary/aromatic N) is 1. The van der Waals surface area contributed by atoms with Crippen LogP contribution < -0.4 is 10.6 Å². The number of β-amino-alcohol motifs (C(OH)–C–C–N with tert-alkyl or cyclic N) is 1. The van der Waals surface area contributed by atoms with Crippen molar-refractivity contribution >= 4 is 11.9 Å². The molecule has 1 atom stereocenters. The summed E-state index contributed by atoms with van der Waals surface area (Å²) in [5.74, 6) is 0.632. The molecular weight excluding hydrogens is 282 g/mol. The first-order valence-corrected chi connectivity index (χ1v) is 8.62. The molecule has 22 heavy (non-hydrogen) atoms. The molecule has 1 heterocycles. The molecule has 0 spiro atoms. The van der Waals surface area contributed by atoms with E-state index in [0.29, 0.717) is 38.5 Å². The fourth-order valence-corrected chi connectivity index (χ4v) is 3.35. The Labute approximate surface area is 132 Å². The number of piperidine rings is 1. The lowest BCUT2D eigenvalue weighted by Gasteiger charge is -2.30. The van der Waals surface area contributed by atoms with Crippen molar-refractivity contribution in [3.8, 4) is 0 Å². The first-order chi connectivity index (χ1) is 10.6. The molecule has 6 nitrogen and oxygen atoms in total. The number of aliphatic hydroxyl groups is 1. The zero-order valence-corrected chi connectivity index (χ0v) is 13.4. The van der Waals surface area contributed by atoms with Gasteiger partial charge in [-0.15, -0.1) is 0 Å². The average Bonchev–Trinajstić information content (AvgIpc) is 2.52. The van der Waals surface area contributed by atoms with E-state index in [2.05, 4.69) is 10.6 Å². The Kier molecular flexibility index (Phi) is 6.96. The second kappa shape index (κ2) is 8.98. The predicted molar refractivity (Wildman–Crippen MR) is 84.4 cm³/mol. The molecule has 1 aliphatic heterocycles. The van der Waals surface area contributed by atoms with Crippen LogP contribution in [-0.4, -0.2) is 54.2 Å². The number of likely N-dealkylation sites (tertiary alicyclic amines) is 1. The van der Waals surface area contributed by atoms with E-state index in [9.17, 15) is 14.7 Å². The van der Waals surface area contributed by atoms with Gasteiger partial charge in [-0.05, 0) is 31.6 Å². The van der Waals surface area contributed by atoms with Crippen LogP contribution in [-0.2, 0) is 4.79 Å². The molecule has 1 aliphatic carbocycles. The smallest absolute Gasteiger partial charge is 0.317 e. The van der Waals surface area contributed by atoms with E-state index in [1.165, 1.54) is 32.1 Å². The zero-order valence-electron chi connectivity index (χ0n) is 13.4. The summed E-state index contributed by atoms with van der Waals surface area (Å²) in [5, 5.41) is 15.2. The standard InChI is InChI=1S/C16H29N3O3/c20-14-7-4-10-19(12-14)16(22)18-9-8-17-15(21)11-13-5-2-1-3-6-13/h13-14,20H,1-12H2,(H,17,21)(H,18,22). The number of aliphatic hydroxyl groups excluding tert-OH is 1. The summed E-state index contributed by atoms with van der Waals surface area (Å²) < 4.78 is 0. The van der Waals surface area contributed by atoms with Crippen LogP contribution in [0.4, 0.5) is 4.79 Å². The van der Waals surface area contributed by atoms with E-state index >= 15 is 0 Å². The molecule has 2 rings (SSSR count). The lowest BCUT2D eigenvalue weighted by Crippen LogP contribution is -2.48. The quantitative estimate of drug-likeness (QED) is 0.668. The first-order valence-electron chi connectivity index (χ1n) is 8.62. The number of amides is 3. The second-order valence-electron chi connectivity index (χ2n) is 6.53. The Balaban J connectivity index is 1.54. The molecule has 126 valence electrons. The lowest BCUT2D eigenvalue weighted by molar-refractivity contribution is -0.122. The maximum absolute atomic E-state index is 11.9. The minimum absolute atomic E-state index is 0.0922. The van der Waals surface area contributed by atoms with Crippen LogP contribution in [0.2, 0.25) is 0 Å². The van der Waals surface area contributed by atoms with E-state index in [-0.39, 0.29) is 11.9 Å². The summed E-state index contributed by atoms with van der Waals surface area (Å²) in [6.45, 7) is 1.99. The maximum Gasteiger partial charge on any atom is 0.317 e. The number of carbonyl (C=O) groups excluding carboxylic acids is 2. The van der Waals surface area contributed by atoms with Gasteiger partial charge in [0.25, 0.3) is 0 Å². The van der Waals surface area contributed by atoms with Crippen molar-refractivity contribution < 1.29 is 14.7 Å². The summed E-state index contributed by atoms with van der Waals surface area (Å²) in [4.78, 5) is 25.4. The van der Waals surface area contributed by atoms with Gasteiger partial charge in [0.05, 0.1) is 6.10 Å². The molecule has 1 saturated heterocycles. The molecule has 2 fully saturated rings. The normalized spacial score (nSPS) is 23.1. The summed E-state index contributed by atoms with van der Waals surface area (Å²) in [6.07, 6.45) is 7.94. The minimum Gasteiger partial charge on any atom is -0.391 e. The molecule has 3 N–H and O–H groups in total. The van der Waals surface area contributed by atoms with Gasteiger partial charge in [0.15, 0.2) is 0 Å². The van der Waals surface area contributed by atoms with Gasteiger partial charge in [0.2, 0.25) is 5.91 Å². The summed E-state index contributed by atoms with van der Waals surface area (Å²) in [6, 6.07) is -0.153. The fourth-order valence-electron chi connectivity index (χ4n) is 3.35. The van der Waals surface area contributed by atoms with Crippen LogP contribution in [0, 0.1) is 5.92 Å². The number of hydrogen-bond donors (Lipinski definition) is 3. The van der Waals surface area contributed by atoms with Gasteiger partial charge in [-0.1, -0.05) is 19.3 Å². The van der Waals surface area contributed by atoms with Crippen LogP contribution in [0.25, 0.3) is 0 Å². The van der Waals surface area contributed by atoms with Crippen LogP contribution in [0.15, 0.2) is 0 Å². The molecule has 6 heteroatoms. The Bertz CT molecular complexity index is 370. The Morgan fingerprint density at radius 2 is 1.73 bits per heavy atom. The van der Waals surface area contributed by atoms with Gasteiger partial charge < -0.3 is 20.6 Å².